The molecular formula is C11H11NO3. The second kappa shape index (κ2) is 3.74. The molecule has 0 unspecified atom stereocenters. The monoisotopic (exact) mass is 205 g/mol. The zero-order valence-electron chi connectivity index (χ0n) is 8.28. The number of H-pyrrole nitrogens is 1. The molecule has 15 heavy (non-hydrogen) atoms. The number of methoxy groups -OCH3 is 1. The molecule has 2 rings (SSSR count). The van der Waals surface area contributed by atoms with Crippen molar-refractivity contribution in [2.24, 2.45) is 0 Å². The molecule has 0 amide bonds. The standard InChI is InChI=1S/C11H11NO3/c1-15-11(14)10-7-4-2-3-5-8(7)12-9(10)6-13/h2-5,12-13H,6H2,1H3. The minimum atomic E-state index is -0.434. The Morgan fingerprint density at radius 1 is 1.47 bits per heavy atom. The minimum absolute atomic E-state index is 0.209. The second-order valence-corrected chi connectivity index (χ2v) is 3.17. The van der Waals surface area contributed by atoms with E-state index >= 15 is 0 Å². The third-order valence-corrected chi connectivity index (χ3v) is 2.33. The Labute approximate surface area is 86.5 Å². The van der Waals surface area contributed by atoms with E-state index in [1.165, 1.54) is 7.11 Å². The maximum atomic E-state index is 11.5. The number of hydrogen-bond donors (Lipinski definition) is 2. The molecule has 0 saturated carbocycles. The van der Waals surface area contributed by atoms with E-state index in [2.05, 4.69) is 9.72 Å². The van der Waals surface area contributed by atoms with Gasteiger partial charge in [0.1, 0.15) is 0 Å². The highest BCUT2D eigenvalue weighted by Gasteiger charge is 2.17. The van der Waals surface area contributed by atoms with Gasteiger partial charge in [-0.2, -0.15) is 0 Å². The van der Waals surface area contributed by atoms with Crippen LogP contribution >= 0.6 is 0 Å². The van der Waals surface area contributed by atoms with E-state index in [-0.39, 0.29) is 6.61 Å². The summed E-state index contributed by atoms with van der Waals surface area (Å²) >= 11 is 0. The third-order valence-electron chi connectivity index (χ3n) is 2.33. The minimum Gasteiger partial charge on any atom is -0.465 e. The van der Waals surface area contributed by atoms with Crippen LogP contribution in [0.3, 0.4) is 0 Å². The predicted molar refractivity (Wildman–Crippen MR) is 55.6 cm³/mol. The lowest BCUT2D eigenvalue weighted by Gasteiger charge is -1.99. The summed E-state index contributed by atoms with van der Waals surface area (Å²) in [6.45, 7) is -0.209. The topological polar surface area (TPSA) is 62.3 Å². The summed E-state index contributed by atoms with van der Waals surface area (Å²) in [7, 11) is 1.32. The number of para-hydroxylation sites is 1. The summed E-state index contributed by atoms with van der Waals surface area (Å²) in [6, 6.07) is 7.36. The third kappa shape index (κ3) is 1.49. The van der Waals surface area contributed by atoms with Gasteiger partial charge in [0.2, 0.25) is 0 Å². The van der Waals surface area contributed by atoms with Gasteiger partial charge in [-0.05, 0) is 6.07 Å². The van der Waals surface area contributed by atoms with Crippen molar-refractivity contribution in [2.75, 3.05) is 7.11 Å². The fourth-order valence-electron chi connectivity index (χ4n) is 1.65. The summed E-state index contributed by atoms with van der Waals surface area (Å²) in [5.41, 5.74) is 1.72. The van der Waals surface area contributed by atoms with Crippen molar-refractivity contribution in [3.05, 3.63) is 35.5 Å². The molecule has 2 aromatic rings. The molecule has 1 aromatic heterocycles. The van der Waals surface area contributed by atoms with E-state index in [0.717, 1.165) is 10.9 Å². The van der Waals surface area contributed by atoms with E-state index in [0.29, 0.717) is 11.3 Å². The molecule has 0 saturated heterocycles. The van der Waals surface area contributed by atoms with Gasteiger partial charge in [-0.15, -0.1) is 0 Å². The largest absolute Gasteiger partial charge is 0.465 e. The number of aromatic amines is 1. The van der Waals surface area contributed by atoms with Crippen molar-refractivity contribution in [1.29, 1.82) is 0 Å². The van der Waals surface area contributed by atoms with Crippen LogP contribution in [0, 0.1) is 0 Å². The molecule has 4 nitrogen and oxygen atoms in total. The quantitative estimate of drug-likeness (QED) is 0.729. The highest BCUT2D eigenvalue weighted by molar-refractivity contribution is 6.05. The maximum absolute atomic E-state index is 11.5. The van der Waals surface area contributed by atoms with Gasteiger partial charge in [0.05, 0.1) is 25.0 Å². The Morgan fingerprint density at radius 3 is 2.87 bits per heavy atom. The van der Waals surface area contributed by atoms with Crippen molar-refractivity contribution in [2.45, 2.75) is 6.61 Å². The number of aromatic nitrogens is 1. The number of ether oxygens (including phenoxy) is 1. The fourth-order valence-corrected chi connectivity index (χ4v) is 1.65. The molecule has 2 N–H and O–H groups in total. The SMILES string of the molecule is COC(=O)c1c(CO)[nH]c2ccccc12. The zero-order valence-corrected chi connectivity index (χ0v) is 8.28. The van der Waals surface area contributed by atoms with Gasteiger partial charge in [-0.3, -0.25) is 0 Å². The molecule has 4 heteroatoms. The summed E-state index contributed by atoms with van der Waals surface area (Å²) in [5, 5.41) is 9.90. The molecule has 1 heterocycles. The lowest BCUT2D eigenvalue weighted by molar-refractivity contribution is 0.0599. The molecular weight excluding hydrogens is 194 g/mol. The number of carbonyl (C=O) groups is 1. The van der Waals surface area contributed by atoms with Crippen LogP contribution in [0.4, 0.5) is 0 Å². The molecule has 0 aliphatic heterocycles. The zero-order chi connectivity index (χ0) is 10.8. The Kier molecular flexibility index (Phi) is 2.43. The average Bonchev–Trinajstić information content (AvgIpc) is 2.66. The summed E-state index contributed by atoms with van der Waals surface area (Å²) in [4.78, 5) is 14.5. The first-order valence-corrected chi connectivity index (χ1v) is 4.56. The second-order valence-electron chi connectivity index (χ2n) is 3.17. The van der Waals surface area contributed by atoms with E-state index in [4.69, 9.17) is 5.11 Å². The van der Waals surface area contributed by atoms with Crippen molar-refractivity contribution < 1.29 is 14.6 Å². The van der Waals surface area contributed by atoms with Crippen molar-refractivity contribution >= 4 is 16.9 Å². The van der Waals surface area contributed by atoms with Crippen LogP contribution in [0.15, 0.2) is 24.3 Å². The maximum Gasteiger partial charge on any atom is 0.340 e. The lowest BCUT2D eigenvalue weighted by atomic mass is 10.1. The summed E-state index contributed by atoms with van der Waals surface area (Å²) < 4.78 is 4.68. The van der Waals surface area contributed by atoms with E-state index < -0.39 is 5.97 Å². The first-order chi connectivity index (χ1) is 7.27. The number of esters is 1. The molecule has 0 radical (unpaired) electrons. The highest BCUT2D eigenvalue weighted by atomic mass is 16.5. The van der Waals surface area contributed by atoms with Crippen LogP contribution in [0.25, 0.3) is 10.9 Å². The van der Waals surface area contributed by atoms with Gasteiger partial charge in [-0.25, -0.2) is 4.79 Å². The Morgan fingerprint density at radius 2 is 2.20 bits per heavy atom. The normalized spacial score (nSPS) is 10.5. The van der Waals surface area contributed by atoms with E-state index in [9.17, 15) is 4.79 Å². The van der Waals surface area contributed by atoms with Crippen LogP contribution in [-0.4, -0.2) is 23.2 Å². The van der Waals surface area contributed by atoms with Gasteiger partial charge in [-0.1, -0.05) is 18.2 Å². The van der Waals surface area contributed by atoms with Crippen molar-refractivity contribution in [1.82, 2.24) is 4.98 Å². The Hall–Kier alpha value is -1.81. The number of benzene rings is 1. The first kappa shape index (κ1) is 9.73. The highest BCUT2D eigenvalue weighted by Crippen LogP contribution is 2.22. The number of aliphatic hydroxyl groups excluding tert-OH is 1. The van der Waals surface area contributed by atoms with E-state index in [1.807, 2.05) is 24.3 Å². The molecule has 1 aromatic carbocycles. The fraction of sp³-hybridized carbons (Fsp3) is 0.182. The van der Waals surface area contributed by atoms with Gasteiger partial charge < -0.3 is 14.8 Å². The van der Waals surface area contributed by atoms with Crippen molar-refractivity contribution in [3.8, 4) is 0 Å². The molecule has 0 spiro atoms. The summed E-state index contributed by atoms with van der Waals surface area (Å²) in [5.74, 6) is -0.434. The molecule has 0 aliphatic rings. The number of fused-ring (bicyclic) bond motifs is 1. The Balaban J connectivity index is 2.72. The van der Waals surface area contributed by atoms with Crippen LogP contribution in [-0.2, 0) is 11.3 Å². The van der Waals surface area contributed by atoms with Crippen LogP contribution < -0.4 is 0 Å². The van der Waals surface area contributed by atoms with Gasteiger partial charge in [0, 0.05) is 10.9 Å². The molecule has 0 bridgehead atoms. The molecule has 0 fully saturated rings. The number of hydrogen-bond acceptors (Lipinski definition) is 3. The molecule has 0 atom stereocenters. The molecule has 78 valence electrons. The first-order valence-electron chi connectivity index (χ1n) is 4.56. The van der Waals surface area contributed by atoms with Crippen molar-refractivity contribution in [3.63, 3.8) is 0 Å². The van der Waals surface area contributed by atoms with Crippen LogP contribution in [0.5, 0.6) is 0 Å². The number of nitrogens with one attached hydrogen (secondary N) is 1. The van der Waals surface area contributed by atoms with E-state index in [1.54, 1.807) is 0 Å². The molecule has 0 aliphatic carbocycles. The lowest BCUT2D eigenvalue weighted by Crippen LogP contribution is -2.04. The smallest absolute Gasteiger partial charge is 0.340 e. The van der Waals surface area contributed by atoms with Gasteiger partial charge in [0.15, 0.2) is 0 Å². The predicted octanol–water partition coefficient (Wildman–Crippen LogP) is 1.45. The average molecular weight is 205 g/mol. The van der Waals surface area contributed by atoms with Gasteiger partial charge in [0.25, 0.3) is 0 Å². The van der Waals surface area contributed by atoms with Crippen LogP contribution in [0.1, 0.15) is 16.1 Å². The summed E-state index contributed by atoms with van der Waals surface area (Å²) in [6.07, 6.45) is 0. The van der Waals surface area contributed by atoms with Crippen LogP contribution in [0.2, 0.25) is 0 Å². The number of aliphatic hydroxyl groups is 1. The number of rotatable bonds is 2. The Bertz CT molecular complexity index is 502. The van der Waals surface area contributed by atoms with Gasteiger partial charge >= 0.3 is 5.97 Å². The number of carbonyl (C=O) groups excluding carboxylic acids is 1.